The number of carbonyl (C=O) groups excluding carboxylic acids is 1. The Hall–Kier alpha value is -1.37. The fourth-order valence-corrected chi connectivity index (χ4v) is 2.38. The van der Waals surface area contributed by atoms with E-state index in [0.29, 0.717) is 25.6 Å². The maximum atomic E-state index is 11.5. The summed E-state index contributed by atoms with van der Waals surface area (Å²) in [5.41, 5.74) is 6.84. The Bertz CT molecular complexity index is 635. The molecule has 1 aromatic carbocycles. The van der Waals surface area contributed by atoms with Crippen LogP contribution in [0.4, 0.5) is 0 Å². The molecule has 1 aromatic rings. The van der Waals surface area contributed by atoms with Crippen molar-refractivity contribution in [1.29, 1.82) is 0 Å². The molecule has 0 aromatic heterocycles. The number of esters is 1. The van der Waals surface area contributed by atoms with Crippen molar-refractivity contribution >= 4 is 23.9 Å². The first-order valence-electron chi connectivity index (χ1n) is 8.99. The summed E-state index contributed by atoms with van der Waals surface area (Å²) < 4.78 is 20.7. The number of halogens is 1. The van der Waals surface area contributed by atoms with E-state index in [-0.39, 0.29) is 5.97 Å². The Balaban J connectivity index is 0.000000540. The monoisotopic (exact) mass is 435 g/mol. The van der Waals surface area contributed by atoms with Crippen LogP contribution in [0.1, 0.15) is 33.3 Å². The van der Waals surface area contributed by atoms with Crippen molar-refractivity contribution < 1.29 is 28.4 Å². The molecule has 9 heteroatoms. The summed E-state index contributed by atoms with van der Waals surface area (Å²) in [5.74, 6) is -0.372. The van der Waals surface area contributed by atoms with Crippen molar-refractivity contribution in [3.8, 4) is 0 Å². The molecule has 0 aliphatic carbocycles. The lowest BCUT2D eigenvalue weighted by molar-refractivity contribution is -0.262. The number of carbonyl (C=O) groups is 1. The molecule has 0 radical (unpaired) electrons. The molecular formula is C19H31ClNO6P. The van der Waals surface area contributed by atoms with Crippen LogP contribution in [0, 0.1) is 5.92 Å². The normalized spacial score (nSPS) is 15.5. The fraction of sp³-hybridized carbons (Fsp3) is 0.526. The first-order valence-corrected chi connectivity index (χ1v) is 12.0. The standard InChI is InChI=1S/C11H21NO4.C8H10ClO2P/c1-5-9(16-15-7-3)10(12)8(4)11(13)14-6-2;1-12(9,10)11-7-8-5-3-2-4-6-8/h5,8,10H,6-7,12H2,1-4H3;2-6H,7H2,1H3/b9-5+;. The molecule has 3 atom stereocenters. The van der Waals surface area contributed by atoms with Crippen LogP contribution >= 0.6 is 18.0 Å². The van der Waals surface area contributed by atoms with Gasteiger partial charge in [-0.1, -0.05) is 30.3 Å². The van der Waals surface area contributed by atoms with Gasteiger partial charge in [0.1, 0.15) is 0 Å². The van der Waals surface area contributed by atoms with Gasteiger partial charge in [-0.15, -0.1) is 0 Å². The van der Waals surface area contributed by atoms with Gasteiger partial charge in [0.05, 0.1) is 31.8 Å². The molecule has 0 spiro atoms. The maximum Gasteiger partial charge on any atom is 0.310 e. The van der Waals surface area contributed by atoms with Crippen LogP contribution < -0.4 is 5.73 Å². The highest BCUT2D eigenvalue weighted by Gasteiger charge is 2.26. The second-order valence-electron chi connectivity index (χ2n) is 5.75. The molecule has 3 unspecified atom stereocenters. The SMILES string of the molecule is C/C=C(/OOCC)C(N)C(C)C(=O)OCC.CP(=O)(Cl)OCc1ccccc1. The average molecular weight is 436 g/mol. The van der Waals surface area contributed by atoms with E-state index in [4.69, 9.17) is 36.0 Å². The molecule has 0 aliphatic rings. The summed E-state index contributed by atoms with van der Waals surface area (Å²) >= 11 is 5.42. The molecule has 0 amide bonds. The van der Waals surface area contributed by atoms with E-state index in [9.17, 15) is 9.36 Å². The zero-order valence-electron chi connectivity index (χ0n) is 17.1. The molecule has 1 rings (SSSR count). The van der Waals surface area contributed by atoms with Crippen LogP contribution in [0.5, 0.6) is 0 Å². The number of hydrogen-bond donors (Lipinski definition) is 1. The van der Waals surface area contributed by atoms with Crippen molar-refractivity contribution in [2.24, 2.45) is 11.7 Å². The smallest absolute Gasteiger partial charge is 0.310 e. The van der Waals surface area contributed by atoms with E-state index in [2.05, 4.69) is 0 Å². The summed E-state index contributed by atoms with van der Waals surface area (Å²) in [4.78, 5) is 21.2. The molecule has 2 N–H and O–H groups in total. The largest absolute Gasteiger partial charge is 0.466 e. The van der Waals surface area contributed by atoms with Crippen molar-refractivity contribution in [2.45, 2.75) is 40.3 Å². The Morgan fingerprint density at radius 3 is 2.32 bits per heavy atom. The summed E-state index contributed by atoms with van der Waals surface area (Å²) in [7, 11) is 0. The molecule has 7 nitrogen and oxygen atoms in total. The number of rotatable bonds is 10. The third kappa shape index (κ3) is 12.2. The van der Waals surface area contributed by atoms with Gasteiger partial charge in [-0.05, 0) is 50.6 Å². The third-order valence-electron chi connectivity index (χ3n) is 3.39. The number of ether oxygens (including phenoxy) is 1. The fourth-order valence-electron chi connectivity index (χ4n) is 1.85. The maximum absolute atomic E-state index is 11.5. The third-order valence-corrected chi connectivity index (χ3v) is 4.27. The Morgan fingerprint density at radius 1 is 1.25 bits per heavy atom. The van der Waals surface area contributed by atoms with Crippen LogP contribution in [0.3, 0.4) is 0 Å². The van der Waals surface area contributed by atoms with Gasteiger partial charge in [-0.3, -0.25) is 9.36 Å². The summed E-state index contributed by atoms with van der Waals surface area (Å²) in [6, 6.07) is 8.94. The number of nitrogens with two attached hydrogens (primary N) is 1. The number of hydrogen-bond acceptors (Lipinski definition) is 7. The van der Waals surface area contributed by atoms with Gasteiger partial charge in [-0.2, -0.15) is 4.89 Å². The van der Waals surface area contributed by atoms with Crippen molar-refractivity contribution in [3.05, 3.63) is 47.7 Å². The van der Waals surface area contributed by atoms with Gasteiger partial charge >= 0.3 is 5.97 Å². The van der Waals surface area contributed by atoms with E-state index >= 15 is 0 Å². The summed E-state index contributed by atoms with van der Waals surface area (Å²) in [6.07, 6.45) is 1.68. The molecule has 0 aliphatic heterocycles. The zero-order chi connectivity index (χ0) is 21.6. The first kappa shape index (κ1) is 26.6. The molecule has 28 heavy (non-hydrogen) atoms. The predicted molar refractivity (Wildman–Crippen MR) is 111 cm³/mol. The van der Waals surface area contributed by atoms with E-state index < -0.39 is 18.7 Å². The van der Waals surface area contributed by atoms with Gasteiger partial charge in [0, 0.05) is 6.66 Å². The minimum Gasteiger partial charge on any atom is -0.466 e. The van der Waals surface area contributed by atoms with Crippen LogP contribution in [-0.2, 0) is 35.0 Å². The minimum atomic E-state index is -2.86. The lowest BCUT2D eigenvalue weighted by Crippen LogP contribution is -2.37. The van der Waals surface area contributed by atoms with Crippen molar-refractivity contribution in [3.63, 3.8) is 0 Å². The van der Waals surface area contributed by atoms with Gasteiger partial charge in [0.25, 0.3) is 6.72 Å². The van der Waals surface area contributed by atoms with Gasteiger partial charge in [0.15, 0.2) is 5.76 Å². The van der Waals surface area contributed by atoms with Crippen LogP contribution in [0.15, 0.2) is 42.2 Å². The van der Waals surface area contributed by atoms with Crippen molar-refractivity contribution in [2.75, 3.05) is 19.9 Å². The van der Waals surface area contributed by atoms with E-state index in [1.54, 1.807) is 33.8 Å². The Labute approximate surface area is 172 Å². The predicted octanol–water partition coefficient (Wildman–Crippen LogP) is 4.65. The van der Waals surface area contributed by atoms with Crippen LogP contribution in [0.2, 0.25) is 0 Å². The second-order valence-corrected chi connectivity index (χ2v) is 9.35. The molecular weight excluding hydrogens is 405 g/mol. The molecule has 0 heterocycles. The molecule has 0 fully saturated rings. The number of benzene rings is 1. The lowest BCUT2D eigenvalue weighted by atomic mass is 10.0. The van der Waals surface area contributed by atoms with Gasteiger partial charge in [0.2, 0.25) is 0 Å². The first-order chi connectivity index (χ1) is 13.2. The zero-order valence-corrected chi connectivity index (χ0v) is 18.7. The minimum absolute atomic E-state index is 0.304. The molecule has 160 valence electrons. The average Bonchev–Trinajstić information content (AvgIpc) is 2.67. The Morgan fingerprint density at radius 2 is 1.86 bits per heavy atom. The van der Waals surface area contributed by atoms with Crippen LogP contribution in [0.25, 0.3) is 0 Å². The van der Waals surface area contributed by atoms with E-state index in [1.807, 2.05) is 30.3 Å². The topological polar surface area (TPSA) is 97.1 Å². The van der Waals surface area contributed by atoms with E-state index in [1.165, 1.54) is 6.66 Å². The molecule has 0 saturated heterocycles. The summed E-state index contributed by atoms with van der Waals surface area (Å²) in [6.45, 7) is 6.60. The number of allylic oxidation sites excluding steroid dienone is 1. The van der Waals surface area contributed by atoms with Crippen molar-refractivity contribution in [1.82, 2.24) is 0 Å². The van der Waals surface area contributed by atoms with E-state index in [0.717, 1.165) is 5.56 Å². The second kappa shape index (κ2) is 14.6. The molecule has 0 saturated carbocycles. The highest BCUT2D eigenvalue weighted by atomic mass is 35.7. The molecule has 0 bridgehead atoms. The summed E-state index contributed by atoms with van der Waals surface area (Å²) in [5, 5.41) is 0. The Kier molecular flexibility index (Phi) is 13.9. The van der Waals surface area contributed by atoms with Crippen LogP contribution in [-0.4, -0.2) is 31.9 Å². The van der Waals surface area contributed by atoms with Gasteiger partial charge in [-0.25, -0.2) is 0 Å². The highest BCUT2D eigenvalue weighted by Crippen LogP contribution is 2.48. The quantitative estimate of drug-likeness (QED) is 0.188. The van der Waals surface area contributed by atoms with Gasteiger partial charge < -0.3 is 19.9 Å². The lowest BCUT2D eigenvalue weighted by Gasteiger charge is -2.20. The highest BCUT2D eigenvalue weighted by molar-refractivity contribution is 7.84.